The standard InChI is InChI=1S/C25H30ClN3O3.ClH/c1-15-11-16-5-3-2-4-6-20-21(24(30)28-14-22(16)25(31)29-15)12-17(26)13-23(20)32-19-9-7-18(27)8-10-19;/h2,4,11-13,18-19H,3,5-10,14,27H2,1H3,(H,28,30)(H,29,31);1H/b4-2+;/t18-,19-;. The van der Waals surface area contributed by atoms with E-state index in [1.54, 1.807) is 12.1 Å². The Hall–Kier alpha value is -2.28. The number of aryl methyl sites for hydroxylation is 2. The lowest BCUT2D eigenvalue weighted by Gasteiger charge is -2.28. The number of carbonyl (C=O) groups excluding carboxylic acids is 1. The normalized spacial score (nSPS) is 21.8. The second-order valence-corrected chi connectivity index (χ2v) is 9.20. The van der Waals surface area contributed by atoms with Crippen LogP contribution in [0.15, 0.2) is 35.1 Å². The average molecular weight is 492 g/mol. The molecule has 1 aliphatic heterocycles. The van der Waals surface area contributed by atoms with Crippen LogP contribution in [0.2, 0.25) is 5.02 Å². The molecular weight excluding hydrogens is 461 g/mol. The molecule has 1 amide bonds. The van der Waals surface area contributed by atoms with E-state index < -0.39 is 0 Å². The highest BCUT2D eigenvalue weighted by molar-refractivity contribution is 6.31. The van der Waals surface area contributed by atoms with E-state index in [0.29, 0.717) is 28.3 Å². The zero-order valence-electron chi connectivity index (χ0n) is 18.8. The van der Waals surface area contributed by atoms with Gasteiger partial charge in [0.15, 0.2) is 0 Å². The third kappa shape index (κ3) is 6.19. The molecule has 0 atom stereocenters. The molecule has 0 spiro atoms. The van der Waals surface area contributed by atoms with Crippen molar-refractivity contribution >= 4 is 29.9 Å². The molecule has 2 aromatic rings. The molecule has 1 aliphatic carbocycles. The van der Waals surface area contributed by atoms with E-state index in [1.165, 1.54) is 0 Å². The quantitative estimate of drug-likeness (QED) is 0.542. The predicted octanol–water partition coefficient (Wildman–Crippen LogP) is 4.38. The Bertz CT molecular complexity index is 1090. The maximum Gasteiger partial charge on any atom is 0.253 e. The van der Waals surface area contributed by atoms with Crippen LogP contribution in [0.5, 0.6) is 5.75 Å². The summed E-state index contributed by atoms with van der Waals surface area (Å²) in [4.78, 5) is 28.5. The van der Waals surface area contributed by atoms with Crippen molar-refractivity contribution < 1.29 is 9.53 Å². The molecule has 1 saturated carbocycles. The minimum Gasteiger partial charge on any atom is -0.490 e. The number of rotatable bonds is 2. The number of nitrogens with one attached hydrogen (secondary N) is 2. The molecule has 33 heavy (non-hydrogen) atoms. The van der Waals surface area contributed by atoms with Gasteiger partial charge in [-0.25, -0.2) is 0 Å². The van der Waals surface area contributed by atoms with Gasteiger partial charge in [0.2, 0.25) is 0 Å². The lowest BCUT2D eigenvalue weighted by atomic mass is 9.93. The summed E-state index contributed by atoms with van der Waals surface area (Å²) in [5, 5.41) is 3.37. The van der Waals surface area contributed by atoms with E-state index in [2.05, 4.69) is 22.5 Å². The van der Waals surface area contributed by atoms with Crippen molar-refractivity contribution in [3.8, 4) is 5.75 Å². The number of allylic oxidation sites excluding steroid dienone is 2. The first-order chi connectivity index (χ1) is 15.4. The number of benzene rings is 1. The third-order valence-corrected chi connectivity index (χ3v) is 6.51. The second-order valence-electron chi connectivity index (χ2n) is 8.77. The predicted molar refractivity (Wildman–Crippen MR) is 134 cm³/mol. The summed E-state index contributed by atoms with van der Waals surface area (Å²) in [5.74, 6) is 0.386. The molecule has 178 valence electrons. The van der Waals surface area contributed by atoms with Crippen LogP contribution in [0.3, 0.4) is 0 Å². The fourth-order valence-corrected chi connectivity index (χ4v) is 4.75. The summed E-state index contributed by atoms with van der Waals surface area (Å²) in [6.07, 6.45) is 10.00. The number of halogens is 2. The number of amides is 1. The lowest BCUT2D eigenvalue weighted by molar-refractivity contribution is 0.0948. The van der Waals surface area contributed by atoms with E-state index in [9.17, 15) is 9.59 Å². The van der Waals surface area contributed by atoms with E-state index in [0.717, 1.165) is 55.3 Å². The molecule has 6 nitrogen and oxygen atoms in total. The van der Waals surface area contributed by atoms with Crippen LogP contribution in [0, 0.1) is 6.92 Å². The number of hydrogen-bond acceptors (Lipinski definition) is 4. The maximum absolute atomic E-state index is 13.2. The highest BCUT2D eigenvalue weighted by Gasteiger charge is 2.23. The van der Waals surface area contributed by atoms with Gasteiger partial charge in [-0.15, -0.1) is 12.4 Å². The Morgan fingerprint density at radius 2 is 1.82 bits per heavy atom. The van der Waals surface area contributed by atoms with Crippen LogP contribution in [0.1, 0.15) is 64.8 Å². The van der Waals surface area contributed by atoms with Crippen LogP contribution < -0.4 is 21.3 Å². The molecule has 8 heteroatoms. The van der Waals surface area contributed by atoms with Gasteiger partial charge in [0.1, 0.15) is 5.75 Å². The van der Waals surface area contributed by atoms with E-state index >= 15 is 0 Å². The van der Waals surface area contributed by atoms with Gasteiger partial charge < -0.3 is 20.8 Å². The Labute approximate surface area is 205 Å². The molecule has 0 unspecified atom stereocenters. The average Bonchev–Trinajstić information content (AvgIpc) is 2.74. The molecule has 4 rings (SSSR count). The first kappa shape index (κ1) is 25.3. The molecule has 1 fully saturated rings. The summed E-state index contributed by atoms with van der Waals surface area (Å²) >= 11 is 6.38. The number of hydrogen-bond donors (Lipinski definition) is 3. The second kappa shape index (κ2) is 11.2. The molecule has 0 bridgehead atoms. The van der Waals surface area contributed by atoms with Crippen molar-refractivity contribution in [3.63, 3.8) is 0 Å². The van der Waals surface area contributed by atoms with Crippen molar-refractivity contribution in [1.29, 1.82) is 0 Å². The van der Waals surface area contributed by atoms with Crippen LogP contribution in [-0.4, -0.2) is 23.0 Å². The van der Waals surface area contributed by atoms with Gasteiger partial charge in [0.05, 0.1) is 6.10 Å². The van der Waals surface area contributed by atoms with Gasteiger partial charge in [-0.1, -0.05) is 23.8 Å². The summed E-state index contributed by atoms with van der Waals surface area (Å²) in [7, 11) is 0. The fourth-order valence-electron chi connectivity index (χ4n) is 4.54. The number of H-pyrrole nitrogens is 1. The van der Waals surface area contributed by atoms with Gasteiger partial charge in [0.25, 0.3) is 11.5 Å². The van der Waals surface area contributed by atoms with Crippen LogP contribution in [-0.2, 0) is 19.4 Å². The number of fused-ring (bicyclic) bond motifs is 2. The van der Waals surface area contributed by atoms with Gasteiger partial charge >= 0.3 is 0 Å². The summed E-state index contributed by atoms with van der Waals surface area (Å²) < 4.78 is 6.34. The molecule has 2 heterocycles. The fraction of sp³-hybridized carbons (Fsp3) is 0.440. The van der Waals surface area contributed by atoms with E-state index in [4.69, 9.17) is 22.1 Å². The number of aromatic amines is 1. The maximum atomic E-state index is 13.2. The summed E-state index contributed by atoms with van der Waals surface area (Å²) in [5.41, 5.74) is 9.54. The molecule has 4 N–H and O–H groups in total. The molecular formula is C25H31Cl2N3O3. The molecule has 2 aliphatic rings. The Balaban J connectivity index is 0.00000306. The van der Waals surface area contributed by atoms with E-state index in [1.807, 2.05) is 13.0 Å². The van der Waals surface area contributed by atoms with Crippen molar-refractivity contribution in [2.45, 2.75) is 70.6 Å². The zero-order valence-corrected chi connectivity index (χ0v) is 20.4. The lowest BCUT2D eigenvalue weighted by Crippen LogP contribution is -2.32. The highest BCUT2D eigenvalue weighted by atomic mass is 35.5. The number of ether oxygens (including phenoxy) is 1. The van der Waals surface area contributed by atoms with Crippen molar-refractivity contribution in [2.75, 3.05) is 0 Å². The minimum atomic E-state index is -0.266. The zero-order chi connectivity index (χ0) is 22.7. The minimum absolute atomic E-state index is 0. The highest BCUT2D eigenvalue weighted by Crippen LogP contribution is 2.32. The topological polar surface area (TPSA) is 97.2 Å². The third-order valence-electron chi connectivity index (χ3n) is 6.29. The molecule has 1 aromatic heterocycles. The Kier molecular flexibility index (Phi) is 8.63. The first-order valence-electron chi connectivity index (χ1n) is 11.3. The van der Waals surface area contributed by atoms with Crippen molar-refractivity contribution in [3.05, 3.63) is 73.7 Å². The molecule has 1 aromatic carbocycles. The smallest absolute Gasteiger partial charge is 0.253 e. The van der Waals surface area contributed by atoms with Crippen LogP contribution in [0.4, 0.5) is 0 Å². The van der Waals surface area contributed by atoms with E-state index in [-0.39, 0.29) is 42.6 Å². The summed E-state index contributed by atoms with van der Waals surface area (Å²) in [6, 6.07) is 5.69. The van der Waals surface area contributed by atoms with Gasteiger partial charge in [-0.05, 0) is 75.6 Å². The van der Waals surface area contributed by atoms with Gasteiger partial charge in [-0.3, -0.25) is 9.59 Å². The van der Waals surface area contributed by atoms with Crippen LogP contribution in [0.25, 0.3) is 0 Å². The van der Waals surface area contributed by atoms with Crippen molar-refractivity contribution in [2.24, 2.45) is 5.73 Å². The number of pyridine rings is 1. The summed E-state index contributed by atoms with van der Waals surface area (Å²) in [6.45, 7) is 2.03. The molecule has 0 saturated heterocycles. The monoisotopic (exact) mass is 491 g/mol. The number of carbonyl (C=O) groups is 1. The SMILES string of the molecule is Cc1cc2c(c(=O)[nH]1)CNC(=O)c1cc(Cl)cc(O[C@H]3CC[C@H](N)CC3)c1C/C=C/CC2.Cl. The number of nitrogens with two attached hydrogens (primary N) is 1. The van der Waals surface area contributed by atoms with Crippen molar-refractivity contribution in [1.82, 2.24) is 10.3 Å². The largest absolute Gasteiger partial charge is 0.490 e. The van der Waals surface area contributed by atoms with Gasteiger partial charge in [-0.2, -0.15) is 0 Å². The number of aromatic nitrogens is 1. The van der Waals surface area contributed by atoms with Crippen LogP contribution >= 0.6 is 24.0 Å². The Morgan fingerprint density at radius 1 is 1.06 bits per heavy atom. The molecule has 0 radical (unpaired) electrons. The Morgan fingerprint density at radius 3 is 2.58 bits per heavy atom. The van der Waals surface area contributed by atoms with Gasteiger partial charge in [0, 0.05) is 40.0 Å². The first-order valence-corrected chi connectivity index (χ1v) is 11.7.